The highest BCUT2D eigenvalue weighted by molar-refractivity contribution is 6.32. The first-order chi connectivity index (χ1) is 14.7. The first-order valence-corrected chi connectivity index (χ1v) is 10.6. The molecule has 1 aliphatic heterocycles. The minimum Gasteiger partial charge on any atom is -0.369 e. The van der Waals surface area contributed by atoms with Crippen LogP contribution in [0.25, 0.3) is 0 Å². The highest BCUT2D eigenvalue weighted by atomic mass is 35.5. The number of amides is 4. The van der Waals surface area contributed by atoms with E-state index < -0.39 is 23.4 Å². The van der Waals surface area contributed by atoms with Crippen molar-refractivity contribution in [2.24, 2.45) is 0 Å². The molecule has 1 aliphatic rings. The van der Waals surface area contributed by atoms with Gasteiger partial charge in [0.2, 0.25) is 5.91 Å². The average Bonchev–Trinajstić information content (AvgIpc) is 2.93. The van der Waals surface area contributed by atoms with Crippen LogP contribution < -0.4 is 15.5 Å². The Kier molecular flexibility index (Phi) is 6.55. The Morgan fingerprint density at radius 1 is 1.16 bits per heavy atom. The van der Waals surface area contributed by atoms with Gasteiger partial charge in [-0.3, -0.25) is 14.5 Å². The maximum atomic E-state index is 13.0. The normalized spacial score (nSPS) is 18.3. The number of hydrogen-bond acceptors (Lipinski definition) is 4. The lowest BCUT2D eigenvalue weighted by atomic mass is 9.92. The lowest BCUT2D eigenvalue weighted by Gasteiger charge is -2.27. The summed E-state index contributed by atoms with van der Waals surface area (Å²) in [5, 5.41) is 5.77. The fourth-order valence-electron chi connectivity index (χ4n) is 3.82. The number of imide groups is 1. The number of nitrogens with zero attached hydrogens (tertiary/aromatic N) is 2. The molecule has 4 amide bonds. The van der Waals surface area contributed by atoms with Gasteiger partial charge in [0.05, 0.1) is 0 Å². The molecule has 0 bridgehead atoms. The standard InChI is InChI=1S/C23H27ClN4O3/c1-5-27(15(2)3)17-12-10-16(11-13-17)25-20(29)14-28-21(30)23(4,26-22(28)31)18-8-6-7-9-19(18)24/h6-13,15H,5,14H2,1-4H3,(H,25,29)(H,26,31)/t23-/m0/s1. The maximum Gasteiger partial charge on any atom is 0.325 e. The smallest absolute Gasteiger partial charge is 0.325 e. The number of halogens is 1. The highest BCUT2D eigenvalue weighted by Crippen LogP contribution is 2.33. The summed E-state index contributed by atoms with van der Waals surface area (Å²) in [6.07, 6.45) is 0. The van der Waals surface area contributed by atoms with E-state index in [0.29, 0.717) is 22.3 Å². The molecule has 7 nitrogen and oxygen atoms in total. The van der Waals surface area contributed by atoms with Gasteiger partial charge in [-0.15, -0.1) is 0 Å². The Morgan fingerprint density at radius 2 is 1.81 bits per heavy atom. The summed E-state index contributed by atoms with van der Waals surface area (Å²) in [5.74, 6) is -0.984. The molecular formula is C23H27ClN4O3. The Bertz CT molecular complexity index is 993. The summed E-state index contributed by atoms with van der Waals surface area (Å²) >= 11 is 6.23. The predicted molar refractivity (Wildman–Crippen MR) is 122 cm³/mol. The monoisotopic (exact) mass is 442 g/mol. The van der Waals surface area contributed by atoms with Gasteiger partial charge < -0.3 is 15.5 Å². The zero-order valence-corrected chi connectivity index (χ0v) is 18.9. The third-order valence-corrected chi connectivity index (χ3v) is 5.77. The molecule has 0 spiro atoms. The number of nitrogens with one attached hydrogen (secondary N) is 2. The predicted octanol–water partition coefficient (Wildman–Crippen LogP) is 3.98. The second kappa shape index (κ2) is 8.98. The van der Waals surface area contributed by atoms with Gasteiger partial charge in [0.15, 0.2) is 0 Å². The molecule has 0 radical (unpaired) electrons. The Hall–Kier alpha value is -3.06. The minimum absolute atomic E-state index is 0.359. The number of hydrogen-bond donors (Lipinski definition) is 2. The first-order valence-electron chi connectivity index (χ1n) is 10.2. The summed E-state index contributed by atoms with van der Waals surface area (Å²) in [6.45, 7) is 8.39. The third kappa shape index (κ3) is 4.51. The van der Waals surface area contributed by atoms with E-state index in [9.17, 15) is 14.4 Å². The molecule has 1 saturated heterocycles. The molecule has 0 aliphatic carbocycles. The Balaban J connectivity index is 1.69. The Morgan fingerprint density at radius 3 is 2.39 bits per heavy atom. The number of carbonyl (C=O) groups excluding carboxylic acids is 3. The van der Waals surface area contributed by atoms with Gasteiger partial charge >= 0.3 is 6.03 Å². The molecule has 3 rings (SSSR count). The molecule has 1 fully saturated rings. The van der Waals surface area contributed by atoms with Gasteiger partial charge in [0.1, 0.15) is 12.1 Å². The van der Waals surface area contributed by atoms with E-state index in [2.05, 4.69) is 36.3 Å². The average molecular weight is 443 g/mol. The van der Waals surface area contributed by atoms with Crippen molar-refractivity contribution in [3.8, 4) is 0 Å². The van der Waals surface area contributed by atoms with Crippen LogP contribution in [-0.2, 0) is 15.1 Å². The molecule has 2 aromatic rings. The maximum absolute atomic E-state index is 13.0. The van der Waals surface area contributed by atoms with E-state index in [1.165, 1.54) is 0 Å². The first kappa shape index (κ1) is 22.6. The van der Waals surface area contributed by atoms with Crippen LogP contribution in [0.2, 0.25) is 5.02 Å². The van der Waals surface area contributed by atoms with Crippen LogP contribution in [0.3, 0.4) is 0 Å². The molecule has 0 saturated carbocycles. The van der Waals surface area contributed by atoms with E-state index in [-0.39, 0.29) is 6.54 Å². The number of anilines is 2. The van der Waals surface area contributed by atoms with E-state index in [0.717, 1.165) is 17.1 Å². The number of benzene rings is 2. The second-order valence-corrected chi connectivity index (χ2v) is 8.31. The van der Waals surface area contributed by atoms with Crippen LogP contribution >= 0.6 is 11.6 Å². The van der Waals surface area contributed by atoms with Crippen LogP contribution in [0.15, 0.2) is 48.5 Å². The van der Waals surface area contributed by atoms with Crippen molar-refractivity contribution >= 4 is 40.8 Å². The fourth-order valence-corrected chi connectivity index (χ4v) is 4.14. The summed E-state index contributed by atoms with van der Waals surface area (Å²) in [7, 11) is 0. The zero-order chi connectivity index (χ0) is 22.8. The molecular weight excluding hydrogens is 416 g/mol. The molecule has 1 heterocycles. The van der Waals surface area contributed by atoms with Gasteiger partial charge in [0.25, 0.3) is 5.91 Å². The molecule has 2 N–H and O–H groups in total. The number of urea groups is 1. The highest BCUT2D eigenvalue weighted by Gasteiger charge is 2.50. The lowest BCUT2D eigenvalue weighted by molar-refractivity contribution is -0.133. The van der Waals surface area contributed by atoms with Crippen LogP contribution in [0, 0.1) is 0 Å². The van der Waals surface area contributed by atoms with Crippen LogP contribution in [0.4, 0.5) is 16.2 Å². The topological polar surface area (TPSA) is 81.8 Å². The van der Waals surface area contributed by atoms with Crippen molar-refractivity contribution in [1.29, 1.82) is 0 Å². The van der Waals surface area contributed by atoms with E-state index in [1.807, 2.05) is 12.1 Å². The lowest BCUT2D eigenvalue weighted by Crippen LogP contribution is -2.42. The summed E-state index contributed by atoms with van der Waals surface area (Å²) in [6, 6.07) is 14.0. The molecule has 0 aromatic heterocycles. The summed E-state index contributed by atoms with van der Waals surface area (Å²) in [5.41, 5.74) is 0.811. The quantitative estimate of drug-likeness (QED) is 0.635. The van der Waals surface area contributed by atoms with Crippen LogP contribution in [0.5, 0.6) is 0 Å². The molecule has 8 heteroatoms. The van der Waals surface area contributed by atoms with Gasteiger partial charge in [-0.2, -0.15) is 0 Å². The van der Waals surface area contributed by atoms with E-state index in [1.54, 1.807) is 43.3 Å². The fraction of sp³-hybridized carbons (Fsp3) is 0.348. The molecule has 2 aromatic carbocycles. The number of carbonyl (C=O) groups is 3. The van der Waals surface area contributed by atoms with Crippen molar-refractivity contribution in [3.63, 3.8) is 0 Å². The molecule has 31 heavy (non-hydrogen) atoms. The second-order valence-electron chi connectivity index (χ2n) is 7.90. The van der Waals surface area contributed by atoms with E-state index in [4.69, 9.17) is 11.6 Å². The van der Waals surface area contributed by atoms with Crippen LogP contribution in [0.1, 0.15) is 33.3 Å². The molecule has 1 atom stereocenters. The van der Waals surface area contributed by atoms with Crippen molar-refractivity contribution in [3.05, 3.63) is 59.1 Å². The SMILES string of the molecule is CCN(c1ccc(NC(=O)CN2C(=O)N[C@@](C)(c3ccccc3Cl)C2=O)cc1)C(C)C. The van der Waals surface area contributed by atoms with Gasteiger partial charge in [-0.05, 0) is 58.0 Å². The largest absolute Gasteiger partial charge is 0.369 e. The van der Waals surface area contributed by atoms with Gasteiger partial charge in [0, 0.05) is 34.5 Å². The zero-order valence-electron chi connectivity index (χ0n) is 18.1. The van der Waals surface area contributed by atoms with Crippen molar-refractivity contribution in [2.75, 3.05) is 23.3 Å². The minimum atomic E-state index is -1.32. The summed E-state index contributed by atoms with van der Waals surface area (Å²) < 4.78 is 0. The van der Waals surface area contributed by atoms with Gasteiger partial charge in [-0.25, -0.2) is 4.79 Å². The molecule has 164 valence electrons. The van der Waals surface area contributed by atoms with Crippen molar-refractivity contribution in [2.45, 2.75) is 39.3 Å². The summed E-state index contributed by atoms with van der Waals surface area (Å²) in [4.78, 5) is 41.1. The van der Waals surface area contributed by atoms with Crippen molar-refractivity contribution < 1.29 is 14.4 Å². The van der Waals surface area contributed by atoms with Gasteiger partial charge in [-0.1, -0.05) is 29.8 Å². The third-order valence-electron chi connectivity index (χ3n) is 5.44. The van der Waals surface area contributed by atoms with Crippen molar-refractivity contribution in [1.82, 2.24) is 10.2 Å². The van der Waals surface area contributed by atoms with Crippen LogP contribution in [-0.4, -0.2) is 41.9 Å². The number of rotatable bonds is 7. The van der Waals surface area contributed by atoms with E-state index >= 15 is 0 Å². The Labute approximate surface area is 187 Å². The molecule has 0 unspecified atom stereocenters.